The molecule has 0 bridgehead atoms. The Morgan fingerprint density at radius 3 is 2.59 bits per heavy atom. The highest BCUT2D eigenvalue weighted by Crippen LogP contribution is 2.40. The first kappa shape index (κ1) is 26.5. The molecule has 4 atom stereocenters. The molecular weight excluding hydrogens is 504 g/mol. The molecule has 3 heterocycles. The number of amides is 1. The van der Waals surface area contributed by atoms with E-state index in [0.29, 0.717) is 17.9 Å². The number of anilines is 2. The molecule has 3 N–H and O–H groups in total. The Morgan fingerprint density at radius 2 is 1.92 bits per heavy atom. The van der Waals surface area contributed by atoms with Gasteiger partial charge in [-0.1, -0.05) is 6.92 Å². The van der Waals surface area contributed by atoms with Crippen molar-refractivity contribution < 1.29 is 18.3 Å². The Balaban J connectivity index is 1.46. The Hall–Kier alpha value is -4.12. The zero-order valence-electron chi connectivity index (χ0n) is 22.2. The van der Waals surface area contributed by atoms with Crippen LogP contribution in [0.5, 0.6) is 5.75 Å². The molecule has 0 saturated heterocycles. The average molecular weight is 536 g/mol. The number of nitrogens with one attached hydrogen (secondary N) is 1. The predicted octanol–water partition coefficient (Wildman–Crippen LogP) is 4.51. The van der Waals surface area contributed by atoms with E-state index in [1.165, 1.54) is 11.6 Å². The fourth-order valence-electron chi connectivity index (χ4n) is 5.71. The molecule has 1 amide bonds. The van der Waals surface area contributed by atoms with Gasteiger partial charge in [-0.3, -0.25) is 9.78 Å². The van der Waals surface area contributed by atoms with Gasteiger partial charge in [0.1, 0.15) is 17.4 Å². The predicted molar refractivity (Wildman–Crippen MR) is 144 cm³/mol. The summed E-state index contributed by atoms with van der Waals surface area (Å²) in [6.07, 6.45) is 6.62. The summed E-state index contributed by atoms with van der Waals surface area (Å²) < 4.78 is 36.0. The fraction of sp³-hybridized carbons (Fsp3) is 0.357. The number of halogens is 2. The van der Waals surface area contributed by atoms with E-state index in [0.717, 1.165) is 29.8 Å². The second-order valence-electron chi connectivity index (χ2n) is 10.1. The Morgan fingerprint density at radius 1 is 1.18 bits per heavy atom. The number of ether oxygens (including phenoxy) is 1. The van der Waals surface area contributed by atoms with E-state index in [1.807, 2.05) is 6.07 Å². The van der Waals surface area contributed by atoms with Crippen LogP contribution < -0.4 is 15.8 Å². The van der Waals surface area contributed by atoms with Gasteiger partial charge in [0.05, 0.1) is 42.0 Å². The molecule has 0 spiro atoms. The number of pyridine rings is 1. The second-order valence-corrected chi connectivity index (χ2v) is 10.1. The summed E-state index contributed by atoms with van der Waals surface area (Å²) in [4.78, 5) is 22.5. The van der Waals surface area contributed by atoms with Crippen LogP contribution in [0.1, 0.15) is 38.2 Å². The largest absolute Gasteiger partial charge is 0.497 e. The number of hydrogen-bond donors (Lipinski definition) is 2. The third-order valence-corrected chi connectivity index (χ3v) is 7.61. The van der Waals surface area contributed by atoms with Gasteiger partial charge in [-0.2, -0.15) is 9.61 Å². The van der Waals surface area contributed by atoms with Gasteiger partial charge in [0.25, 0.3) is 0 Å². The van der Waals surface area contributed by atoms with E-state index >= 15 is 0 Å². The summed E-state index contributed by atoms with van der Waals surface area (Å²) in [6.45, 7) is 3.68. The van der Waals surface area contributed by atoms with Crippen LogP contribution in [0.25, 0.3) is 16.8 Å². The number of nitrogens with zero attached hydrogens (tertiary/aromatic N) is 5. The normalized spacial score (nSPS) is 21.1. The lowest BCUT2D eigenvalue weighted by molar-refractivity contribution is -0.131. The number of hydrogen-bond acceptors (Lipinski definition) is 7. The molecule has 5 rings (SSSR count). The molecule has 11 heteroatoms. The number of rotatable bonds is 6. The van der Waals surface area contributed by atoms with Gasteiger partial charge in [-0.05, 0) is 48.4 Å². The first-order valence-electron chi connectivity index (χ1n) is 12.8. The third kappa shape index (κ3) is 5.01. The van der Waals surface area contributed by atoms with Gasteiger partial charge in [0.2, 0.25) is 11.9 Å². The molecule has 0 aliphatic heterocycles. The van der Waals surface area contributed by atoms with E-state index in [2.05, 4.69) is 27.3 Å². The SMILES string of the molecule is COc1cc(F)c(-c2ccc3cnc(Nc4cnccc4[C@H]4C[C@@H](N)[C@@H](N(C)C(C)=O)[C@@H](C)C4)n3n2)c(F)c1. The highest BCUT2D eigenvalue weighted by molar-refractivity contribution is 5.73. The van der Waals surface area contributed by atoms with Crippen LogP contribution >= 0.6 is 0 Å². The highest BCUT2D eigenvalue weighted by Gasteiger charge is 2.38. The monoisotopic (exact) mass is 535 g/mol. The number of carbonyl (C=O) groups excluding carboxylic acids is 1. The number of fused-ring (bicyclic) bond motifs is 1. The number of methoxy groups -OCH3 is 1. The van der Waals surface area contributed by atoms with Crippen LogP contribution in [0.3, 0.4) is 0 Å². The van der Waals surface area contributed by atoms with Crippen LogP contribution in [0, 0.1) is 17.6 Å². The maximum atomic E-state index is 14.8. The second kappa shape index (κ2) is 10.6. The summed E-state index contributed by atoms with van der Waals surface area (Å²) in [7, 11) is 3.15. The maximum absolute atomic E-state index is 14.8. The zero-order valence-corrected chi connectivity index (χ0v) is 22.2. The lowest BCUT2D eigenvalue weighted by Crippen LogP contribution is -2.54. The minimum atomic E-state index is -0.778. The molecule has 1 aromatic carbocycles. The van der Waals surface area contributed by atoms with E-state index in [-0.39, 0.29) is 46.8 Å². The van der Waals surface area contributed by atoms with Crippen LogP contribution in [0.4, 0.5) is 20.4 Å². The minimum absolute atomic E-state index is 0.000487. The van der Waals surface area contributed by atoms with Gasteiger partial charge in [0, 0.05) is 44.4 Å². The van der Waals surface area contributed by atoms with Gasteiger partial charge in [-0.25, -0.2) is 13.8 Å². The Kier molecular flexibility index (Phi) is 7.17. The standard InChI is InChI=1S/C28H31F2N7O2/c1-15-9-17(10-23(31)27(15)36(3)16(2)38)20-7-8-32-14-25(20)34-28-33-13-18-5-6-24(35-37(18)28)26-21(29)11-19(39-4)12-22(26)30/h5-8,11-15,17,23,27H,9-10,31H2,1-4H3,(H,33,34)/t15-,17+,23+,27-/m0/s1. The number of likely N-dealkylation sites (N-methyl/N-ethyl adjacent to an activating group) is 1. The van der Waals surface area contributed by atoms with Crippen molar-refractivity contribution in [2.45, 2.75) is 44.7 Å². The number of aromatic nitrogens is 4. The maximum Gasteiger partial charge on any atom is 0.229 e. The van der Waals surface area contributed by atoms with E-state index in [9.17, 15) is 13.6 Å². The summed E-state index contributed by atoms with van der Waals surface area (Å²) in [6, 6.07) is 7.22. The molecule has 0 unspecified atom stereocenters. The van der Waals surface area contributed by atoms with E-state index in [1.54, 1.807) is 49.6 Å². The quantitative estimate of drug-likeness (QED) is 0.374. The van der Waals surface area contributed by atoms with Crippen LogP contribution in [-0.2, 0) is 4.79 Å². The molecule has 1 aliphatic rings. The number of benzene rings is 1. The smallest absolute Gasteiger partial charge is 0.229 e. The first-order valence-corrected chi connectivity index (χ1v) is 12.8. The van der Waals surface area contributed by atoms with Crippen molar-refractivity contribution in [1.82, 2.24) is 24.5 Å². The van der Waals surface area contributed by atoms with Gasteiger partial charge < -0.3 is 20.7 Å². The summed E-state index contributed by atoms with van der Waals surface area (Å²) >= 11 is 0. The van der Waals surface area contributed by atoms with Crippen molar-refractivity contribution in [3.63, 3.8) is 0 Å². The van der Waals surface area contributed by atoms with Gasteiger partial charge in [-0.15, -0.1) is 0 Å². The minimum Gasteiger partial charge on any atom is -0.497 e. The first-order chi connectivity index (χ1) is 18.7. The Bertz CT molecular complexity index is 1490. The lowest BCUT2D eigenvalue weighted by Gasteiger charge is -2.43. The molecule has 9 nitrogen and oxygen atoms in total. The van der Waals surface area contributed by atoms with Crippen molar-refractivity contribution >= 4 is 23.1 Å². The van der Waals surface area contributed by atoms with Gasteiger partial charge >= 0.3 is 0 Å². The summed E-state index contributed by atoms with van der Waals surface area (Å²) in [5.74, 6) is -0.773. The lowest BCUT2D eigenvalue weighted by atomic mass is 9.73. The highest BCUT2D eigenvalue weighted by atomic mass is 19.1. The number of nitrogens with two attached hydrogens (primary N) is 1. The van der Waals surface area contributed by atoms with E-state index in [4.69, 9.17) is 10.5 Å². The topological polar surface area (TPSA) is 111 Å². The van der Waals surface area contributed by atoms with Crippen molar-refractivity contribution in [2.75, 3.05) is 19.5 Å². The molecule has 1 saturated carbocycles. The van der Waals surface area contributed by atoms with Crippen LogP contribution in [0.2, 0.25) is 0 Å². The van der Waals surface area contributed by atoms with Crippen LogP contribution in [0.15, 0.2) is 48.9 Å². The number of imidazole rings is 1. The molecule has 0 radical (unpaired) electrons. The van der Waals surface area contributed by atoms with Gasteiger partial charge in [0.15, 0.2) is 0 Å². The molecule has 1 fully saturated rings. The molecular formula is C28H31F2N7O2. The molecule has 39 heavy (non-hydrogen) atoms. The van der Waals surface area contributed by atoms with Crippen LogP contribution in [-0.4, -0.2) is 56.6 Å². The van der Waals surface area contributed by atoms with Crippen molar-refractivity contribution in [2.24, 2.45) is 11.7 Å². The average Bonchev–Trinajstić information content (AvgIpc) is 3.29. The number of carbonyl (C=O) groups is 1. The van der Waals surface area contributed by atoms with Crippen molar-refractivity contribution in [3.05, 3.63) is 66.1 Å². The molecule has 3 aromatic heterocycles. The van der Waals surface area contributed by atoms with Crippen molar-refractivity contribution in [3.8, 4) is 17.0 Å². The zero-order chi connectivity index (χ0) is 27.8. The summed E-state index contributed by atoms with van der Waals surface area (Å²) in [5, 5.41) is 7.80. The fourth-order valence-corrected chi connectivity index (χ4v) is 5.71. The Labute approximate surface area is 225 Å². The molecule has 204 valence electrons. The molecule has 1 aliphatic carbocycles. The van der Waals surface area contributed by atoms with E-state index < -0.39 is 11.6 Å². The molecule has 4 aromatic rings. The van der Waals surface area contributed by atoms with Crippen molar-refractivity contribution in [1.29, 1.82) is 0 Å². The summed E-state index contributed by atoms with van der Waals surface area (Å²) in [5.41, 5.74) is 8.85. The third-order valence-electron chi connectivity index (χ3n) is 7.61.